The zero-order valence-corrected chi connectivity index (χ0v) is 16.5. The first-order chi connectivity index (χ1) is 13.2. The van der Waals surface area contributed by atoms with E-state index < -0.39 is 0 Å². The van der Waals surface area contributed by atoms with Gasteiger partial charge in [-0.05, 0) is 45.1 Å². The van der Waals surface area contributed by atoms with Gasteiger partial charge in [-0.25, -0.2) is 9.37 Å². The predicted molar refractivity (Wildman–Crippen MR) is 108 cm³/mol. The van der Waals surface area contributed by atoms with E-state index in [2.05, 4.69) is 37.5 Å². The van der Waals surface area contributed by atoms with Gasteiger partial charge in [0.25, 0.3) is 0 Å². The number of halogens is 1. The lowest BCUT2D eigenvalue weighted by Crippen LogP contribution is -2.47. The summed E-state index contributed by atoms with van der Waals surface area (Å²) in [6, 6.07) is 3.33. The molecule has 0 saturated carbocycles. The molecule has 0 spiro atoms. The Labute approximate surface area is 161 Å². The number of hydrogen-bond acceptors (Lipinski definition) is 5. The Morgan fingerprint density at radius 3 is 3.00 bits per heavy atom. The maximum Gasteiger partial charge on any atom is 0.191 e. The molecule has 27 heavy (non-hydrogen) atoms. The number of nitrogens with one attached hydrogen (secondary N) is 2. The van der Waals surface area contributed by atoms with Gasteiger partial charge in [0.2, 0.25) is 0 Å². The lowest BCUT2D eigenvalue weighted by molar-refractivity contribution is 0.280. The van der Waals surface area contributed by atoms with Crippen LogP contribution < -0.4 is 15.5 Å². The highest BCUT2D eigenvalue weighted by Crippen LogP contribution is 2.20. The third kappa shape index (κ3) is 5.77. The lowest BCUT2D eigenvalue weighted by atomic mass is 10.3. The SMILES string of the molecule is CN=C(NCCN1CCCN(C)CC1)NC1CCN(c2ncccc2F)C1. The number of likely N-dealkylation sites (N-methyl/N-ethyl adjacent to an activating group) is 1. The Hall–Kier alpha value is -1.93. The number of anilines is 1. The molecule has 2 aliphatic rings. The molecule has 8 heteroatoms. The number of guanidine groups is 1. The fraction of sp³-hybridized carbons (Fsp3) is 0.684. The van der Waals surface area contributed by atoms with Crippen molar-refractivity contribution in [2.45, 2.75) is 18.9 Å². The highest BCUT2D eigenvalue weighted by Gasteiger charge is 2.25. The molecule has 7 nitrogen and oxygen atoms in total. The van der Waals surface area contributed by atoms with Crippen molar-refractivity contribution in [3.8, 4) is 0 Å². The van der Waals surface area contributed by atoms with Crippen LogP contribution in [0.15, 0.2) is 23.3 Å². The largest absolute Gasteiger partial charge is 0.355 e. The molecule has 1 aromatic rings. The van der Waals surface area contributed by atoms with Gasteiger partial charge in [0, 0.05) is 58.6 Å². The van der Waals surface area contributed by atoms with Gasteiger partial charge in [0.1, 0.15) is 0 Å². The summed E-state index contributed by atoms with van der Waals surface area (Å²) in [5.74, 6) is 0.995. The molecule has 2 N–H and O–H groups in total. The smallest absolute Gasteiger partial charge is 0.191 e. The Kier molecular flexibility index (Phi) is 7.23. The monoisotopic (exact) mass is 377 g/mol. The molecule has 2 saturated heterocycles. The molecule has 1 unspecified atom stereocenters. The van der Waals surface area contributed by atoms with Crippen molar-refractivity contribution in [3.63, 3.8) is 0 Å². The second-order valence-electron chi connectivity index (χ2n) is 7.38. The van der Waals surface area contributed by atoms with Crippen molar-refractivity contribution in [2.75, 3.05) is 71.4 Å². The van der Waals surface area contributed by atoms with Gasteiger partial charge in [0.15, 0.2) is 17.6 Å². The first kappa shape index (κ1) is 19.8. The van der Waals surface area contributed by atoms with E-state index in [1.807, 2.05) is 4.90 Å². The molecule has 1 aromatic heterocycles. The topological polar surface area (TPSA) is 59.0 Å². The Morgan fingerprint density at radius 1 is 1.30 bits per heavy atom. The van der Waals surface area contributed by atoms with Crippen molar-refractivity contribution in [1.29, 1.82) is 0 Å². The summed E-state index contributed by atoms with van der Waals surface area (Å²) >= 11 is 0. The zero-order valence-electron chi connectivity index (χ0n) is 16.5. The fourth-order valence-electron chi connectivity index (χ4n) is 3.72. The molecule has 0 aromatic carbocycles. The summed E-state index contributed by atoms with van der Waals surface area (Å²) in [5, 5.41) is 6.88. The Bertz CT molecular complexity index is 624. The molecule has 0 aliphatic carbocycles. The van der Waals surface area contributed by atoms with E-state index in [1.165, 1.54) is 19.0 Å². The van der Waals surface area contributed by atoms with Crippen LogP contribution in [0.25, 0.3) is 0 Å². The highest BCUT2D eigenvalue weighted by atomic mass is 19.1. The van der Waals surface area contributed by atoms with Crippen LogP contribution in [0.5, 0.6) is 0 Å². The second kappa shape index (κ2) is 9.85. The maximum atomic E-state index is 13.9. The van der Waals surface area contributed by atoms with Gasteiger partial charge in [-0.2, -0.15) is 0 Å². The first-order valence-corrected chi connectivity index (χ1v) is 9.89. The average molecular weight is 378 g/mol. The zero-order chi connectivity index (χ0) is 19.1. The summed E-state index contributed by atoms with van der Waals surface area (Å²) in [7, 11) is 3.98. The second-order valence-corrected chi connectivity index (χ2v) is 7.38. The van der Waals surface area contributed by atoms with E-state index in [0.29, 0.717) is 5.82 Å². The Morgan fingerprint density at radius 2 is 2.19 bits per heavy atom. The molecule has 2 aliphatic heterocycles. The molecule has 3 rings (SSSR count). The minimum Gasteiger partial charge on any atom is -0.355 e. The van der Waals surface area contributed by atoms with Crippen molar-refractivity contribution >= 4 is 11.8 Å². The van der Waals surface area contributed by atoms with Crippen LogP contribution in [0.4, 0.5) is 10.2 Å². The van der Waals surface area contributed by atoms with Gasteiger partial charge in [-0.15, -0.1) is 0 Å². The van der Waals surface area contributed by atoms with Crippen LogP contribution in [0.2, 0.25) is 0 Å². The predicted octanol–water partition coefficient (Wildman–Crippen LogP) is 0.602. The minimum atomic E-state index is -0.260. The summed E-state index contributed by atoms with van der Waals surface area (Å²) in [6.45, 7) is 8.01. The third-order valence-corrected chi connectivity index (χ3v) is 5.32. The maximum absolute atomic E-state index is 13.9. The molecule has 3 heterocycles. The normalized spacial score (nSPS) is 22.7. The average Bonchev–Trinajstić information content (AvgIpc) is 3.03. The molecule has 0 amide bonds. The van der Waals surface area contributed by atoms with Gasteiger partial charge in [-0.3, -0.25) is 4.99 Å². The van der Waals surface area contributed by atoms with Crippen LogP contribution in [-0.2, 0) is 0 Å². The number of nitrogens with zero attached hydrogens (tertiary/aromatic N) is 5. The van der Waals surface area contributed by atoms with E-state index >= 15 is 0 Å². The fourth-order valence-corrected chi connectivity index (χ4v) is 3.72. The van der Waals surface area contributed by atoms with Gasteiger partial charge in [0.05, 0.1) is 0 Å². The number of aromatic nitrogens is 1. The van der Waals surface area contributed by atoms with E-state index in [1.54, 1.807) is 19.3 Å². The van der Waals surface area contributed by atoms with Crippen LogP contribution in [0.1, 0.15) is 12.8 Å². The summed E-state index contributed by atoms with van der Waals surface area (Å²) in [4.78, 5) is 15.4. The summed E-state index contributed by atoms with van der Waals surface area (Å²) < 4.78 is 13.9. The minimum absolute atomic E-state index is 0.240. The lowest BCUT2D eigenvalue weighted by Gasteiger charge is -2.22. The molecule has 1 atom stereocenters. The third-order valence-electron chi connectivity index (χ3n) is 5.32. The van der Waals surface area contributed by atoms with Crippen LogP contribution in [0.3, 0.4) is 0 Å². The first-order valence-electron chi connectivity index (χ1n) is 9.89. The van der Waals surface area contributed by atoms with E-state index in [4.69, 9.17) is 0 Å². The van der Waals surface area contributed by atoms with Gasteiger partial charge in [-0.1, -0.05) is 0 Å². The van der Waals surface area contributed by atoms with Crippen molar-refractivity contribution in [1.82, 2.24) is 25.4 Å². The van der Waals surface area contributed by atoms with Crippen LogP contribution >= 0.6 is 0 Å². The van der Waals surface area contributed by atoms with Gasteiger partial charge < -0.3 is 25.3 Å². The van der Waals surface area contributed by atoms with E-state index in [0.717, 1.165) is 58.2 Å². The number of pyridine rings is 1. The number of aliphatic imine (C=N–C) groups is 1. The summed E-state index contributed by atoms with van der Waals surface area (Å²) in [5.41, 5.74) is 0. The molecular formula is C19H32FN7. The molecule has 0 bridgehead atoms. The quantitative estimate of drug-likeness (QED) is 0.579. The molecule has 150 valence electrons. The molecule has 2 fully saturated rings. The molecule has 0 radical (unpaired) electrons. The van der Waals surface area contributed by atoms with Crippen LogP contribution in [-0.4, -0.2) is 93.2 Å². The van der Waals surface area contributed by atoms with Crippen molar-refractivity contribution in [3.05, 3.63) is 24.1 Å². The van der Waals surface area contributed by atoms with E-state index in [-0.39, 0.29) is 11.9 Å². The Balaban J connectivity index is 1.41. The highest BCUT2D eigenvalue weighted by molar-refractivity contribution is 5.80. The standard InChI is InChI=1S/C19H32FN7/c1-21-19(23-8-12-26-10-4-9-25(2)13-14-26)24-16-6-11-27(15-16)18-17(20)5-3-7-22-18/h3,5,7,16H,4,6,8-15H2,1-2H3,(H2,21,23,24). The molecular weight excluding hydrogens is 345 g/mol. The van der Waals surface area contributed by atoms with Crippen molar-refractivity contribution in [2.24, 2.45) is 4.99 Å². The number of rotatable bonds is 5. The number of hydrogen-bond donors (Lipinski definition) is 2. The van der Waals surface area contributed by atoms with Gasteiger partial charge >= 0.3 is 0 Å². The van der Waals surface area contributed by atoms with Crippen LogP contribution in [0, 0.1) is 5.82 Å². The van der Waals surface area contributed by atoms with Crippen molar-refractivity contribution < 1.29 is 4.39 Å². The summed E-state index contributed by atoms with van der Waals surface area (Å²) in [6.07, 6.45) is 3.81. The van der Waals surface area contributed by atoms with E-state index in [9.17, 15) is 4.39 Å².